The molecule has 3 atom stereocenters. The van der Waals surface area contributed by atoms with Crippen LogP contribution in [0.25, 0.3) is 22.4 Å². The first-order valence-electron chi connectivity index (χ1n) is 10.1. The Morgan fingerprint density at radius 2 is 2.07 bits per heavy atom. The number of pyridine rings is 1. The number of aromatic amines is 1. The van der Waals surface area contributed by atoms with Crippen molar-refractivity contribution < 1.29 is 13.7 Å². The van der Waals surface area contributed by atoms with Gasteiger partial charge in [0, 0.05) is 40.4 Å². The summed E-state index contributed by atoms with van der Waals surface area (Å²) in [4.78, 5) is 19.7. The Bertz CT molecular complexity index is 1140. The molecular formula is C21H25N5O3S. The lowest BCUT2D eigenvalue weighted by Gasteiger charge is -2.45. The van der Waals surface area contributed by atoms with Gasteiger partial charge in [-0.2, -0.15) is 0 Å². The fraction of sp³-hybridized carbons (Fsp3) is 0.476. The number of fused-ring (bicyclic) bond motifs is 4. The van der Waals surface area contributed by atoms with Crippen molar-refractivity contribution in [3.05, 3.63) is 30.2 Å². The standard InChI is InChI=1S/C21H25N5O3S/c1-12-9-28-10-13-11-29-16-17(21(2,3)30(4)27)24-19(25-20(16)26(12)13)15-6-8-23-18-14(15)5-7-22-18/h5-8,12-13H,9-11H2,1-4H3,(H,22,23)/t12-,13?,30?/m1/s1. The average molecular weight is 428 g/mol. The molecule has 2 unspecified atom stereocenters. The molecule has 0 bridgehead atoms. The number of morpholine rings is 1. The van der Waals surface area contributed by atoms with Gasteiger partial charge in [-0.3, -0.25) is 4.21 Å². The van der Waals surface area contributed by atoms with Gasteiger partial charge in [0.15, 0.2) is 17.4 Å². The predicted molar refractivity (Wildman–Crippen MR) is 116 cm³/mol. The average Bonchev–Trinajstić information content (AvgIpc) is 3.21. The first-order valence-corrected chi connectivity index (χ1v) is 11.6. The van der Waals surface area contributed by atoms with Gasteiger partial charge in [0.2, 0.25) is 0 Å². The molecule has 9 heteroatoms. The maximum atomic E-state index is 12.7. The van der Waals surface area contributed by atoms with Gasteiger partial charge >= 0.3 is 0 Å². The zero-order valence-corrected chi connectivity index (χ0v) is 18.3. The molecular weight excluding hydrogens is 402 g/mol. The number of anilines is 1. The van der Waals surface area contributed by atoms with Gasteiger partial charge in [0.25, 0.3) is 0 Å². The first kappa shape index (κ1) is 19.4. The largest absolute Gasteiger partial charge is 0.486 e. The van der Waals surface area contributed by atoms with Crippen LogP contribution in [0.15, 0.2) is 24.5 Å². The summed E-state index contributed by atoms with van der Waals surface area (Å²) in [5, 5.41) is 0.946. The lowest BCUT2D eigenvalue weighted by Crippen LogP contribution is -2.56. The number of nitrogens with zero attached hydrogens (tertiary/aromatic N) is 4. The highest BCUT2D eigenvalue weighted by atomic mass is 32.2. The SMILES string of the molecule is C[C@@H]1COCC2COc3c(nc(-c4ccnc5[nH]ccc45)nc3C(C)(C)S(C)=O)N21. The highest BCUT2D eigenvalue weighted by molar-refractivity contribution is 7.85. The summed E-state index contributed by atoms with van der Waals surface area (Å²) in [5.41, 5.74) is 2.33. The number of H-pyrrole nitrogens is 1. The molecule has 1 saturated heterocycles. The quantitative estimate of drug-likeness (QED) is 0.687. The lowest BCUT2D eigenvalue weighted by molar-refractivity contribution is 0.0482. The van der Waals surface area contributed by atoms with Crippen LogP contribution in [0.5, 0.6) is 5.75 Å². The van der Waals surface area contributed by atoms with E-state index in [0.29, 0.717) is 37.1 Å². The van der Waals surface area contributed by atoms with E-state index in [2.05, 4.69) is 21.8 Å². The van der Waals surface area contributed by atoms with Crippen LogP contribution in [0.2, 0.25) is 0 Å². The van der Waals surface area contributed by atoms with Gasteiger partial charge in [0.1, 0.15) is 17.9 Å². The van der Waals surface area contributed by atoms with Crippen LogP contribution < -0.4 is 9.64 Å². The Hall–Kier alpha value is -2.52. The van der Waals surface area contributed by atoms with Gasteiger partial charge < -0.3 is 19.4 Å². The maximum absolute atomic E-state index is 12.7. The molecule has 2 aliphatic heterocycles. The molecule has 3 aromatic heterocycles. The molecule has 1 N–H and O–H groups in total. The Morgan fingerprint density at radius 1 is 1.23 bits per heavy atom. The van der Waals surface area contributed by atoms with Gasteiger partial charge in [-0.1, -0.05) is 0 Å². The highest BCUT2D eigenvalue weighted by Crippen LogP contribution is 2.44. The van der Waals surface area contributed by atoms with E-state index < -0.39 is 15.5 Å². The number of aromatic nitrogens is 4. The predicted octanol–water partition coefficient (Wildman–Crippen LogP) is 2.62. The minimum Gasteiger partial charge on any atom is -0.486 e. The second kappa shape index (κ2) is 7.02. The molecule has 8 nitrogen and oxygen atoms in total. The third-order valence-electron chi connectivity index (χ3n) is 6.04. The molecule has 2 aliphatic rings. The Balaban J connectivity index is 1.78. The number of ether oxygens (including phenoxy) is 2. The molecule has 5 heterocycles. The minimum atomic E-state index is -1.16. The molecule has 0 saturated carbocycles. The van der Waals surface area contributed by atoms with Crippen LogP contribution in [-0.4, -0.2) is 62.3 Å². The Labute approximate surface area is 177 Å². The van der Waals surface area contributed by atoms with Crippen molar-refractivity contribution >= 4 is 27.7 Å². The van der Waals surface area contributed by atoms with E-state index in [1.165, 1.54) is 0 Å². The van der Waals surface area contributed by atoms with Crippen LogP contribution in [0, 0.1) is 0 Å². The third-order valence-corrected chi connectivity index (χ3v) is 7.67. The number of hydrogen-bond donors (Lipinski definition) is 1. The van der Waals surface area contributed by atoms with Crippen LogP contribution in [-0.2, 0) is 20.3 Å². The van der Waals surface area contributed by atoms with E-state index in [0.717, 1.165) is 22.4 Å². The van der Waals surface area contributed by atoms with Crippen molar-refractivity contribution in [3.8, 4) is 17.1 Å². The Morgan fingerprint density at radius 3 is 2.87 bits per heavy atom. The minimum absolute atomic E-state index is 0.0943. The van der Waals surface area contributed by atoms with Crippen LogP contribution in [0.1, 0.15) is 26.5 Å². The molecule has 5 rings (SSSR count). The first-order chi connectivity index (χ1) is 14.4. The molecule has 0 aromatic carbocycles. The number of nitrogens with one attached hydrogen (secondary N) is 1. The zero-order chi connectivity index (χ0) is 21.0. The van der Waals surface area contributed by atoms with Gasteiger partial charge in [-0.15, -0.1) is 0 Å². The summed E-state index contributed by atoms with van der Waals surface area (Å²) in [7, 11) is -1.16. The van der Waals surface area contributed by atoms with Crippen molar-refractivity contribution in [3.63, 3.8) is 0 Å². The molecule has 3 aromatic rings. The van der Waals surface area contributed by atoms with Crippen molar-refractivity contribution in [2.75, 3.05) is 31.0 Å². The normalized spacial score (nSPS) is 22.3. The second-order valence-electron chi connectivity index (χ2n) is 8.37. The van der Waals surface area contributed by atoms with Gasteiger partial charge in [0.05, 0.1) is 30.0 Å². The van der Waals surface area contributed by atoms with E-state index in [-0.39, 0.29) is 12.1 Å². The fourth-order valence-electron chi connectivity index (χ4n) is 4.15. The molecule has 0 spiro atoms. The molecule has 1 fully saturated rings. The summed E-state index contributed by atoms with van der Waals surface area (Å²) in [5.74, 6) is 1.96. The van der Waals surface area contributed by atoms with Gasteiger partial charge in [-0.05, 0) is 32.9 Å². The zero-order valence-electron chi connectivity index (χ0n) is 17.5. The molecule has 0 amide bonds. The number of hydrogen-bond acceptors (Lipinski definition) is 7. The fourth-order valence-corrected chi connectivity index (χ4v) is 4.56. The van der Waals surface area contributed by atoms with E-state index in [9.17, 15) is 4.21 Å². The van der Waals surface area contributed by atoms with Crippen molar-refractivity contribution in [2.45, 2.75) is 37.6 Å². The van der Waals surface area contributed by atoms with Crippen LogP contribution in [0.3, 0.4) is 0 Å². The summed E-state index contributed by atoms with van der Waals surface area (Å²) in [6, 6.07) is 4.14. The third kappa shape index (κ3) is 2.91. The maximum Gasteiger partial charge on any atom is 0.185 e. The van der Waals surface area contributed by atoms with E-state index in [1.807, 2.05) is 32.2 Å². The molecule has 0 radical (unpaired) electrons. The lowest BCUT2D eigenvalue weighted by atomic mass is 10.0. The van der Waals surface area contributed by atoms with E-state index in [4.69, 9.17) is 19.4 Å². The summed E-state index contributed by atoms with van der Waals surface area (Å²) in [6.07, 6.45) is 5.30. The smallest absolute Gasteiger partial charge is 0.185 e. The van der Waals surface area contributed by atoms with Crippen molar-refractivity contribution in [2.24, 2.45) is 0 Å². The van der Waals surface area contributed by atoms with Crippen molar-refractivity contribution in [1.82, 2.24) is 19.9 Å². The van der Waals surface area contributed by atoms with Gasteiger partial charge in [-0.25, -0.2) is 15.0 Å². The van der Waals surface area contributed by atoms with E-state index in [1.54, 1.807) is 12.5 Å². The second-order valence-corrected chi connectivity index (χ2v) is 10.3. The topological polar surface area (TPSA) is 93.2 Å². The summed E-state index contributed by atoms with van der Waals surface area (Å²) in [6.45, 7) is 7.72. The molecule has 30 heavy (non-hydrogen) atoms. The monoisotopic (exact) mass is 427 g/mol. The molecule has 158 valence electrons. The van der Waals surface area contributed by atoms with E-state index >= 15 is 0 Å². The van der Waals surface area contributed by atoms with Crippen LogP contribution in [0.4, 0.5) is 5.82 Å². The highest BCUT2D eigenvalue weighted by Gasteiger charge is 2.41. The number of rotatable bonds is 3. The van der Waals surface area contributed by atoms with Crippen molar-refractivity contribution in [1.29, 1.82) is 0 Å². The summed E-state index contributed by atoms with van der Waals surface area (Å²) < 4.78 is 23.9. The summed E-state index contributed by atoms with van der Waals surface area (Å²) >= 11 is 0. The Kier molecular flexibility index (Phi) is 4.55. The molecule has 0 aliphatic carbocycles. The van der Waals surface area contributed by atoms with Crippen LogP contribution >= 0.6 is 0 Å².